The van der Waals surface area contributed by atoms with Gasteiger partial charge in [0.15, 0.2) is 6.10 Å². The molecule has 0 bridgehead atoms. The van der Waals surface area contributed by atoms with Crippen molar-refractivity contribution in [3.8, 4) is 0 Å². The Morgan fingerprint density at radius 1 is 1.62 bits per heavy atom. The number of aryl methyl sites for hydroxylation is 1. The van der Waals surface area contributed by atoms with Crippen LogP contribution in [0.25, 0.3) is 0 Å². The first-order valence-electron chi connectivity index (χ1n) is 3.56. The van der Waals surface area contributed by atoms with Crippen LogP contribution in [0.2, 0.25) is 0 Å². The van der Waals surface area contributed by atoms with Crippen LogP contribution in [0.5, 0.6) is 0 Å². The fraction of sp³-hybridized carbons (Fsp3) is 0.571. The number of hydrogen-bond donors (Lipinski definition) is 1. The average Bonchev–Trinajstić information content (AvgIpc) is 2.33. The van der Waals surface area contributed by atoms with Crippen LogP contribution in [0, 0.1) is 6.92 Å². The van der Waals surface area contributed by atoms with Gasteiger partial charge < -0.3 is 9.63 Å². The van der Waals surface area contributed by atoms with Crippen LogP contribution in [0.3, 0.4) is 0 Å². The molecule has 0 spiro atoms. The minimum absolute atomic E-state index is 0.0299. The van der Waals surface area contributed by atoms with E-state index in [1.165, 1.54) is 6.07 Å². The molecule has 1 N–H and O–H groups in total. The highest BCUT2D eigenvalue weighted by Crippen LogP contribution is 2.22. The summed E-state index contributed by atoms with van der Waals surface area (Å²) in [6.07, 6.45) is -7.59. The molecule has 6 heteroatoms. The summed E-state index contributed by atoms with van der Waals surface area (Å²) in [6, 6.07) is 1.36. The molecule has 0 aliphatic heterocycles. The molecule has 0 aliphatic rings. The number of halogens is 3. The van der Waals surface area contributed by atoms with Gasteiger partial charge in [0.1, 0.15) is 5.76 Å². The summed E-state index contributed by atoms with van der Waals surface area (Å²) in [7, 11) is 0. The third-order valence-electron chi connectivity index (χ3n) is 1.45. The van der Waals surface area contributed by atoms with Crippen molar-refractivity contribution in [1.82, 2.24) is 5.16 Å². The zero-order valence-corrected chi connectivity index (χ0v) is 6.80. The average molecular weight is 195 g/mol. The molecular formula is C7H8F3NO2. The molecule has 1 aromatic rings. The van der Waals surface area contributed by atoms with Crippen LogP contribution in [-0.2, 0) is 6.42 Å². The first kappa shape index (κ1) is 10.0. The second-order valence-electron chi connectivity index (χ2n) is 2.70. The SMILES string of the molecule is Cc1cc(CC(O)C(F)(F)F)on1. The van der Waals surface area contributed by atoms with Crippen LogP contribution in [0.4, 0.5) is 13.2 Å². The lowest BCUT2D eigenvalue weighted by molar-refractivity contribution is -0.204. The van der Waals surface area contributed by atoms with Gasteiger partial charge in [0, 0.05) is 12.5 Å². The van der Waals surface area contributed by atoms with Gasteiger partial charge in [-0.3, -0.25) is 0 Å². The number of rotatable bonds is 2. The van der Waals surface area contributed by atoms with Crippen molar-refractivity contribution >= 4 is 0 Å². The molecule has 3 nitrogen and oxygen atoms in total. The van der Waals surface area contributed by atoms with Crippen molar-refractivity contribution in [1.29, 1.82) is 0 Å². The van der Waals surface area contributed by atoms with Gasteiger partial charge in [0.05, 0.1) is 5.69 Å². The van der Waals surface area contributed by atoms with Crippen molar-refractivity contribution in [3.63, 3.8) is 0 Å². The van der Waals surface area contributed by atoms with Crippen molar-refractivity contribution in [3.05, 3.63) is 17.5 Å². The second kappa shape index (κ2) is 3.37. The van der Waals surface area contributed by atoms with E-state index in [-0.39, 0.29) is 5.76 Å². The lowest BCUT2D eigenvalue weighted by atomic mass is 10.2. The van der Waals surface area contributed by atoms with Crippen molar-refractivity contribution in [2.75, 3.05) is 0 Å². The van der Waals surface area contributed by atoms with E-state index in [1.54, 1.807) is 6.92 Å². The predicted octanol–water partition coefficient (Wildman–Crippen LogP) is 1.45. The number of aliphatic hydroxyl groups is 1. The van der Waals surface area contributed by atoms with E-state index in [4.69, 9.17) is 5.11 Å². The molecule has 0 aliphatic carbocycles. The Balaban J connectivity index is 2.60. The third-order valence-corrected chi connectivity index (χ3v) is 1.45. The maximum absolute atomic E-state index is 11.8. The fourth-order valence-electron chi connectivity index (χ4n) is 0.819. The van der Waals surface area contributed by atoms with E-state index in [1.807, 2.05) is 0 Å². The molecule has 74 valence electrons. The van der Waals surface area contributed by atoms with Crippen molar-refractivity contribution in [2.24, 2.45) is 0 Å². The molecule has 1 rings (SSSR count). The first-order valence-corrected chi connectivity index (χ1v) is 3.56. The topological polar surface area (TPSA) is 46.3 Å². The van der Waals surface area contributed by atoms with Crippen LogP contribution >= 0.6 is 0 Å². The molecule has 0 saturated heterocycles. The highest BCUT2D eigenvalue weighted by atomic mass is 19.4. The minimum atomic E-state index is -4.61. The van der Waals surface area contributed by atoms with Crippen LogP contribution in [0.1, 0.15) is 11.5 Å². The molecule has 0 radical (unpaired) electrons. The van der Waals surface area contributed by atoms with Gasteiger partial charge in [-0.1, -0.05) is 5.16 Å². The van der Waals surface area contributed by atoms with Gasteiger partial charge in [-0.05, 0) is 6.92 Å². The quantitative estimate of drug-likeness (QED) is 0.776. The molecule has 0 aromatic carbocycles. The molecule has 1 heterocycles. The highest BCUT2D eigenvalue weighted by Gasteiger charge is 2.38. The van der Waals surface area contributed by atoms with Crippen LogP contribution < -0.4 is 0 Å². The van der Waals surface area contributed by atoms with E-state index in [0.717, 1.165) is 0 Å². The molecule has 1 atom stereocenters. The van der Waals surface area contributed by atoms with Gasteiger partial charge in [-0.25, -0.2) is 0 Å². The third kappa shape index (κ3) is 2.73. The van der Waals surface area contributed by atoms with Gasteiger partial charge in [-0.2, -0.15) is 13.2 Å². The van der Waals surface area contributed by atoms with Gasteiger partial charge in [-0.15, -0.1) is 0 Å². The van der Waals surface area contributed by atoms with Gasteiger partial charge in [0.25, 0.3) is 0 Å². The van der Waals surface area contributed by atoms with E-state index in [2.05, 4.69) is 9.68 Å². The molecular weight excluding hydrogens is 187 g/mol. The maximum atomic E-state index is 11.8. The molecule has 0 saturated carbocycles. The summed E-state index contributed by atoms with van der Waals surface area (Å²) < 4.78 is 40.0. The summed E-state index contributed by atoms with van der Waals surface area (Å²) in [5.74, 6) is 0.0299. The largest absolute Gasteiger partial charge is 0.414 e. The zero-order chi connectivity index (χ0) is 10.1. The van der Waals surface area contributed by atoms with Crippen molar-refractivity contribution < 1.29 is 22.8 Å². The predicted molar refractivity (Wildman–Crippen MR) is 37.0 cm³/mol. The maximum Gasteiger partial charge on any atom is 0.414 e. The van der Waals surface area contributed by atoms with Crippen LogP contribution in [0.15, 0.2) is 10.6 Å². The molecule has 1 unspecified atom stereocenters. The zero-order valence-electron chi connectivity index (χ0n) is 6.80. The Kier molecular flexibility index (Phi) is 2.60. The summed E-state index contributed by atoms with van der Waals surface area (Å²) in [5.41, 5.74) is 0.490. The molecule has 0 fully saturated rings. The number of nitrogens with zero attached hydrogens (tertiary/aromatic N) is 1. The number of aromatic nitrogens is 1. The molecule has 13 heavy (non-hydrogen) atoms. The number of alkyl halides is 3. The Hall–Kier alpha value is -1.04. The highest BCUT2D eigenvalue weighted by molar-refractivity contribution is 5.04. The van der Waals surface area contributed by atoms with E-state index < -0.39 is 18.7 Å². The Morgan fingerprint density at radius 2 is 2.23 bits per heavy atom. The second-order valence-corrected chi connectivity index (χ2v) is 2.70. The van der Waals surface area contributed by atoms with Gasteiger partial charge in [0.2, 0.25) is 0 Å². The van der Waals surface area contributed by atoms with E-state index >= 15 is 0 Å². The van der Waals surface area contributed by atoms with E-state index in [0.29, 0.717) is 5.69 Å². The minimum Gasteiger partial charge on any atom is -0.383 e. The smallest absolute Gasteiger partial charge is 0.383 e. The number of aliphatic hydroxyl groups excluding tert-OH is 1. The normalized spacial score (nSPS) is 14.5. The summed E-state index contributed by atoms with van der Waals surface area (Å²) in [4.78, 5) is 0. The lowest BCUT2D eigenvalue weighted by Crippen LogP contribution is -2.30. The van der Waals surface area contributed by atoms with E-state index in [9.17, 15) is 13.2 Å². The first-order chi connectivity index (χ1) is 5.89. The monoisotopic (exact) mass is 195 g/mol. The molecule has 1 aromatic heterocycles. The Bertz CT molecular complexity index is 282. The van der Waals surface area contributed by atoms with Crippen LogP contribution in [-0.4, -0.2) is 22.5 Å². The standard InChI is InChI=1S/C7H8F3NO2/c1-4-2-5(13-11-4)3-6(12)7(8,9)10/h2,6,12H,3H2,1H3. The Labute approximate surface area is 72.1 Å². The Morgan fingerprint density at radius 3 is 2.62 bits per heavy atom. The fourth-order valence-corrected chi connectivity index (χ4v) is 0.819. The number of hydrogen-bond acceptors (Lipinski definition) is 3. The van der Waals surface area contributed by atoms with Crippen molar-refractivity contribution in [2.45, 2.75) is 25.6 Å². The van der Waals surface area contributed by atoms with Gasteiger partial charge >= 0.3 is 6.18 Å². The summed E-state index contributed by atoms with van der Waals surface area (Å²) in [5, 5.41) is 12.0. The summed E-state index contributed by atoms with van der Waals surface area (Å²) in [6.45, 7) is 1.59. The molecule has 0 amide bonds. The lowest BCUT2D eigenvalue weighted by Gasteiger charge is -2.11. The summed E-state index contributed by atoms with van der Waals surface area (Å²) >= 11 is 0.